The SMILES string of the molecule is CCCn1cc(Br)cc1C(=O)NCC(C)(C)N. The van der Waals surface area contributed by atoms with Crippen LogP contribution in [-0.2, 0) is 6.54 Å². The molecule has 1 rings (SSSR count). The van der Waals surface area contributed by atoms with E-state index in [-0.39, 0.29) is 5.91 Å². The van der Waals surface area contributed by atoms with Crippen LogP contribution in [0.25, 0.3) is 0 Å². The fraction of sp³-hybridized carbons (Fsp3) is 0.583. The van der Waals surface area contributed by atoms with Gasteiger partial charge in [-0.3, -0.25) is 4.79 Å². The second-order valence-electron chi connectivity index (χ2n) is 4.91. The monoisotopic (exact) mass is 301 g/mol. The molecular weight excluding hydrogens is 282 g/mol. The Bertz CT molecular complexity index is 393. The number of halogens is 1. The second-order valence-corrected chi connectivity index (χ2v) is 5.82. The fourth-order valence-corrected chi connectivity index (χ4v) is 1.95. The standard InChI is InChI=1S/C12H20BrN3O/c1-4-5-16-7-9(13)6-10(16)11(17)15-8-12(2,3)14/h6-7H,4-5,8,14H2,1-3H3,(H,15,17). The van der Waals surface area contributed by atoms with Gasteiger partial charge >= 0.3 is 0 Å². The predicted molar refractivity (Wildman–Crippen MR) is 73.0 cm³/mol. The van der Waals surface area contributed by atoms with Crippen molar-refractivity contribution >= 4 is 21.8 Å². The minimum Gasteiger partial charge on any atom is -0.349 e. The largest absolute Gasteiger partial charge is 0.349 e. The number of nitrogens with two attached hydrogens (primary N) is 1. The number of aryl methyl sites for hydroxylation is 1. The Kier molecular flexibility index (Phi) is 4.77. The summed E-state index contributed by atoms with van der Waals surface area (Å²) in [6.45, 7) is 7.14. The highest BCUT2D eigenvalue weighted by molar-refractivity contribution is 9.10. The Hall–Kier alpha value is -0.810. The van der Waals surface area contributed by atoms with Gasteiger partial charge in [0.05, 0.1) is 0 Å². The van der Waals surface area contributed by atoms with Crippen molar-refractivity contribution in [2.75, 3.05) is 6.54 Å². The van der Waals surface area contributed by atoms with Crippen molar-refractivity contribution in [2.45, 2.75) is 39.3 Å². The van der Waals surface area contributed by atoms with E-state index < -0.39 is 5.54 Å². The van der Waals surface area contributed by atoms with Crippen molar-refractivity contribution in [1.82, 2.24) is 9.88 Å². The lowest BCUT2D eigenvalue weighted by Crippen LogP contribution is -2.45. The molecule has 0 saturated heterocycles. The van der Waals surface area contributed by atoms with Crippen LogP contribution < -0.4 is 11.1 Å². The molecule has 0 aliphatic heterocycles. The molecule has 4 nitrogen and oxygen atoms in total. The molecule has 1 aromatic heterocycles. The van der Waals surface area contributed by atoms with E-state index >= 15 is 0 Å². The third-order valence-corrected chi connectivity index (χ3v) is 2.70. The van der Waals surface area contributed by atoms with Crippen LogP contribution in [0.2, 0.25) is 0 Å². The van der Waals surface area contributed by atoms with Crippen LogP contribution in [0.15, 0.2) is 16.7 Å². The van der Waals surface area contributed by atoms with Gasteiger partial charge in [-0.25, -0.2) is 0 Å². The normalized spacial score (nSPS) is 11.6. The molecule has 17 heavy (non-hydrogen) atoms. The molecule has 96 valence electrons. The Morgan fingerprint density at radius 2 is 2.24 bits per heavy atom. The topological polar surface area (TPSA) is 60.0 Å². The van der Waals surface area contributed by atoms with E-state index in [0.717, 1.165) is 17.4 Å². The summed E-state index contributed by atoms with van der Waals surface area (Å²) < 4.78 is 2.87. The summed E-state index contributed by atoms with van der Waals surface area (Å²) >= 11 is 3.39. The Morgan fingerprint density at radius 1 is 1.59 bits per heavy atom. The summed E-state index contributed by atoms with van der Waals surface area (Å²) in [7, 11) is 0. The third kappa shape index (κ3) is 4.52. The third-order valence-electron chi connectivity index (χ3n) is 2.26. The number of carbonyl (C=O) groups is 1. The first-order chi connectivity index (χ1) is 7.83. The van der Waals surface area contributed by atoms with Crippen molar-refractivity contribution in [2.24, 2.45) is 5.73 Å². The van der Waals surface area contributed by atoms with Crippen molar-refractivity contribution in [3.8, 4) is 0 Å². The smallest absolute Gasteiger partial charge is 0.268 e. The molecule has 3 N–H and O–H groups in total. The number of nitrogens with zero attached hydrogens (tertiary/aromatic N) is 1. The molecule has 1 aromatic rings. The molecular formula is C12H20BrN3O. The summed E-state index contributed by atoms with van der Waals surface area (Å²) in [6.07, 6.45) is 2.91. The molecule has 0 saturated carbocycles. The summed E-state index contributed by atoms with van der Waals surface area (Å²) in [5.41, 5.74) is 6.11. The van der Waals surface area contributed by atoms with Gasteiger partial charge < -0.3 is 15.6 Å². The first kappa shape index (κ1) is 14.3. The average molecular weight is 302 g/mol. The Morgan fingerprint density at radius 3 is 2.76 bits per heavy atom. The highest BCUT2D eigenvalue weighted by atomic mass is 79.9. The van der Waals surface area contributed by atoms with Crippen LogP contribution >= 0.6 is 15.9 Å². The average Bonchev–Trinajstić information content (AvgIpc) is 2.55. The van der Waals surface area contributed by atoms with Crippen LogP contribution in [-0.4, -0.2) is 22.6 Å². The van der Waals surface area contributed by atoms with Gasteiger partial charge in [-0.15, -0.1) is 0 Å². The number of amides is 1. The molecule has 1 heterocycles. The van der Waals surface area contributed by atoms with Gasteiger partial charge in [0.2, 0.25) is 0 Å². The van der Waals surface area contributed by atoms with Crippen molar-refractivity contribution in [1.29, 1.82) is 0 Å². The number of rotatable bonds is 5. The number of carbonyl (C=O) groups excluding carboxylic acids is 1. The highest BCUT2D eigenvalue weighted by Crippen LogP contribution is 2.15. The predicted octanol–water partition coefficient (Wildman–Crippen LogP) is 2.13. The zero-order valence-corrected chi connectivity index (χ0v) is 12.2. The Balaban J connectivity index is 2.74. The van der Waals surface area contributed by atoms with E-state index in [1.54, 1.807) is 0 Å². The van der Waals surface area contributed by atoms with Gasteiger partial charge in [0.25, 0.3) is 5.91 Å². The second kappa shape index (κ2) is 5.69. The molecule has 0 unspecified atom stereocenters. The van der Waals surface area contributed by atoms with Crippen LogP contribution in [0.5, 0.6) is 0 Å². The van der Waals surface area contributed by atoms with E-state index in [4.69, 9.17) is 5.73 Å². The lowest BCUT2D eigenvalue weighted by Gasteiger charge is -2.19. The van der Waals surface area contributed by atoms with Crippen molar-refractivity contribution in [3.05, 3.63) is 22.4 Å². The zero-order valence-electron chi connectivity index (χ0n) is 10.6. The molecule has 0 aliphatic rings. The maximum Gasteiger partial charge on any atom is 0.268 e. The van der Waals surface area contributed by atoms with E-state index in [9.17, 15) is 4.79 Å². The number of hydrogen-bond donors (Lipinski definition) is 2. The Labute approximate surface area is 111 Å². The van der Waals surface area contributed by atoms with Gasteiger partial charge in [0.1, 0.15) is 5.69 Å². The molecule has 5 heteroatoms. The van der Waals surface area contributed by atoms with Gasteiger partial charge in [0, 0.05) is 29.3 Å². The fourth-order valence-electron chi connectivity index (χ4n) is 1.49. The minimum absolute atomic E-state index is 0.0809. The quantitative estimate of drug-likeness (QED) is 0.875. The molecule has 0 atom stereocenters. The maximum atomic E-state index is 12.0. The first-order valence-electron chi connectivity index (χ1n) is 5.76. The van der Waals surface area contributed by atoms with Crippen molar-refractivity contribution < 1.29 is 4.79 Å². The van der Waals surface area contributed by atoms with E-state index in [1.165, 1.54) is 0 Å². The molecule has 0 fully saturated rings. The molecule has 0 aromatic carbocycles. The van der Waals surface area contributed by atoms with E-state index in [2.05, 4.69) is 28.2 Å². The first-order valence-corrected chi connectivity index (χ1v) is 6.55. The van der Waals surface area contributed by atoms with Crippen molar-refractivity contribution in [3.63, 3.8) is 0 Å². The summed E-state index contributed by atoms with van der Waals surface area (Å²) in [4.78, 5) is 12.0. The lowest BCUT2D eigenvalue weighted by molar-refractivity contribution is 0.0936. The maximum absolute atomic E-state index is 12.0. The van der Waals surface area contributed by atoms with E-state index in [0.29, 0.717) is 12.2 Å². The lowest BCUT2D eigenvalue weighted by atomic mass is 10.1. The summed E-state index contributed by atoms with van der Waals surface area (Å²) in [6, 6.07) is 1.83. The van der Waals surface area contributed by atoms with Crippen LogP contribution in [0.4, 0.5) is 0 Å². The van der Waals surface area contributed by atoms with Gasteiger partial charge in [-0.1, -0.05) is 6.92 Å². The molecule has 0 spiro atoms. The zero-order chi connectivity index (χ0) is 13.1. The number of nitrogens with one attached hydrogen (secondary N) is 1. The van der Waals surface area contributed by atoms with Crippen LogP contribution in [0.3, 0.4) is 0 Å². The number of aromatic nitrogens is 1. The highest BCUT2D eigenvalue weighted by Gasteiger charge is 2.16. The van der Waals surface area contributed by atoms with Gasteiger partial charge in [-0.05, 0) is 42.3 Å². The van der Waals surface area contributed by atoms with E-state index in [1.807, 2.05) is 30.7 Å². The number of hydrogen-bond acceptors (Lipinski definition) is 2. The van der Waals surface area contributed by atoms with Gasteiger partial charge in [-0.2, -0.15) is 0 Å². The molecule has 0 bridgehead atoms. The van der Waals surface area contributed by atoms with Crippen LogP contribution in [0, 0.1) is 0 Å². The summed E-state index contributed by atoms with van der Waals surface area (Å²) in [5, 5.41) is 2.85. The molecule has 0 aliphatic carbocycles. The summed E-state index contributed by atoms with van der Waals surface area (Å²) in [5.74, 6) is -0.0809. The molecule has 1 amide bonds. The van der Waals surface area contributed by atoms with Crippen LogP contribution in [0.1, 0.15) is 37.7 Å². The van der Waals surface area contributed by atoms with Gasteiger partial charge in [0.15, 0.2) is 0 Å². The minimum atomic E-state index is -0.394. The molecule has 0 radical (unpaired) electrons.